The highest BCUT2D eigenvalue weighted by atomic mass is 32.2. The van der Waals surface area contributed by atoms with Crippen molar-refractivity contribution in [3.8, 4) is 23.3 Å². The Morgan fingerprint density at radius 2 is 1.60 bits per heavy atom. The van der Waals surface area contributed by atoms with Crippen molar-refractivity contribution < 1.29 is 18.5 Å². The predicted octanol–water partition coefficient (Wildman–Crippen LogP) is 4.55. The van der Waals surface area contributed by atoms with Crippen LogP contribution < -0.4 is 18.6 Å². The molecule has 0 bridgehead atoms. The molecule has 180 valence electrons. The van der Waals surface area contributed by atoms with Gasteiger partial charge in [0, 0.05) is 36.8 Å². The molecule has 3 aromatic rings. The van der Waals surface area contributed by atoms with E-state index < -0.39 is 0 Å². The Kier molecular flexibility index (Phi) is 8.01. The van der Waals surface area contributed by atoms with Crippen LogP contribution in [0.25, 0.3) is 0 Å². The maximum Gasteiger partial charge on any atom is 0.227 e. The minimum absolute atomic E-state index is 0.112. The molecule has 1 amide bonds. The molecule has 3 aromatic carbocycles. The van der Waals surface area contributed by atoms with Gasteiger partial charge in [0.1, 0.15) is 5.75 Å². The van der Waals surface area contributed by atoms with E-state index in [9.17, 15) is 4.79 Å². The zero-order valence-electron chi connectivity index (χ0n) is 19.8. The van der Waals surface area contributed by atoms with E-state index in [1.54, 1.807) is 26.4 Å². The molecule has 0 aromatic heterocycles. The Morgan fingerprint density at radius 1 is 0.914 bits per heavy atom. The lowest BCUT2D eigenvalue weighted by Gasteiger charge is -2.36. The second-order valence-electron chi connectivity index (χ2n) is 8.03. The fourth-order valence-electron chi connectivity index (χ4n) is 3.88. The number of rotatable bonds is 8. The minimum Gasteiger partial charge on any atom is -0.493 e. The van der Waals surface area contributed by atoms with Crippen LogP contribution in [0.15, 0.2) is 71.6 Å². The molecule has 4 rings (SSSR count). The van der Waals surface area contributed by atoms with Crippen LogP contribution in [0.5, 0.6) is 17.2 Å². The predicted molar refractivity (Wildman–Crippen MR) is 136 cm³/mol. The number of carbonyl (C=O) groups is 1. The average Bonchev–Trinajstić information content (AvgIpc) is 2.92. The maximum atomic E-state index is 12.8. The van der Waals surface area contributed by atoms with Crippen LogP contribution in [0.2, 0.25) is 0 Å². The summed E-state index contributed by atoms with van der Waals surface area (Å²) >= 11 is 1.26. The van der Waals surface area contributed by atoms with Crippen LogP contribution in [0.3, 0.4) is 0 Å². The van der Waals surface area contributed by atoms with Gasteiger partial charge in [0.15, 0.2) is 11.5 Å². The first kappa shape index (κ1) is 24.3. The van der Waals surface area contributed by atoms with Gasteiger partial charge in [0.25, 0.3) is 0 Å². The number of piperazine rings is 1. The molecule has 0 radical (unpaired) electrons. The molecule has 1 fully saturated rings. The van der Waals surface area contributed by atoms with Gasteiger partial charge in [-0.05, 0) is 66.2 Å². The van der Waals surface area contributed by atoms with Crippen molar-refractivity contribution in [1.82, 2.24) is 4.90 Å². The standard InChI is InChI=1S/C27H27N3O4S/c1-32-25-12-5-21(17-26(25)33-2)18-27(31)30-15-13-29(14-16-30)22-6-8-23(9-7-22)34-35-24-10-3-20(19-28)4-11-24/h3-12,17H,13-16,18H2,1-2H3. The largest absolute Gasteiger partial charge is 0.493 e. The number of amides is 1. The molecule has 0 aliphatic carbocycles. The first-order valence-corrected chi connectivity index (χ1v) is 12.0. The molecule has 1 heterocycles. The zero-order valence-corrected chi connectivity index (χ0v) is 20.6. The van der Waals surface area contributed by atoms with Gasteiger partial charge in [-0.1, -0.05) is 6.07 Å². The monoisotopic (exact) mass is 489 g/mol. The third kappa shape index (κ3) is 6.19. The lowest BCUT2D eigenvalue weighted by atomic mass is 10.1. The van der Waals surface area contributed by atoms with E-state index in [4.69, 9.17) is 18.9 Å². The summed E-state index contributed by atoms with van der Waals surface area (Å²) in [5.74, 6) is 2.15. The second kappa shape index (κ2) is 11.5. The van der Waals surface area contributed by atoms with Gasteiger partial charge >= 0.3 is 0 Å². The van der Waals surface area contributed by atoms with Crippen LogP contribution in [-0.4, -0.2) is 51.2 Å². The summed E-state index contributed by atoms with van der Waals surface area (Å²) in [7, 11) is 3.19. The number of benzene rings is 3. The zero-order chi connectivity index (χ0) is 24.6. The number of hydrogen-bond acceptors (Lipinski definition) is 7. The Labute approximate surface area is 210 Å². The van der Waals surface area contributed by atoms with Crippen LogP contribution >= 0.6 is 12.0 Å². The Morgan fingerprint density at radius 3 is 2.23 bits per heavy atom. The van der Waals surface area contributed by atoms with Gasteiger partial charge in [-0.3, -0.25) is 4.79 Å². The van der Waals surface area contributed by atoms with Gasteiger partial charge in [-0.15, -0.1) is 0 Å². The normalized spacial score (nSPS) is 13.2. The van der Waals surface area contributed by atoms with Crippen molar-refractivity contribution in [3.05, 3.63) is 77.9 Å². The molecule has 1 aliphatic rings. The number of hydrogen-bond donors (Lipinski definition) is 0. The first-order chi connectivity index (χ1) is 17.1. The molecule has 7 nitrogen and oxygen atoms in total. The van der Waals surface area contributed by atoms with Crippen molar-refractivity contribution in [3.63, 3.8) is 0 Å². The molecular formula is C27H27N3O4S. The van der Waals surface area contributed by atoms with E-state index in [0.717, 1.165) is 35.0 Å². The number of nitriles is 1. The SMILES string of the molecule is COc1ccc(CC(=O)N2CCN(c3ccc(OSc4ccc(C#N)cc4)cc3)CC2)cc1OC. The van der Waals surface area contributed by atoms with E-state index in [0.29, 0.717) is 36.6 Å². The summed E-state index contributed by atoms with van der Waals surface area (Å²) in [6.45, 7) is 2.91. The van der Waals surface area contributed by atoms with Crippen molar-refractivity contribution in [2.45, 2.75) is 11.3 Å². The Balaban J connectivity index is 1.26. The number of methoxy groups -OCH3 is 2. The summed E-state index contributed by atoms with van der Waals surface area (Å²) in [6.07, 6.45) is 0.337. The second-order valence-corrected chi connectivity index (χ2v) is 8.84. The average molecular weight is 490 g/mol. The van der Waals surface area contributed by atoms with Crippen LogP contribution in [0.4, 0.5) is 5.69 Å². The highest BCUT2D eigenvalue weighted by molar-refractivity contribution is 7.95. The summed E-state index contributed by atoms with van der Waals surface area (Å²) in [6, 6.07) is 22.9. The number of nitrogens with zero attached hydrogens (tertiary/aromatic N) is 3. The number of carbonyl (C=O) groups excluding carboxylic acids is 1. The fourth-order valence-corrected chi connectivity index (χ4v) is 4.44. The van der Waals surface area contributed by atoms with Gasteiger partial charge in [0.2, 0.25) is 5.91 Å². The van der Waals surface area contributed by atoms with E-state index in [1.165, 1.54) is 12.0 Å². The molecule has 1 aliphatic heterocycles. The molecule has 35 heavy (non-hydrogen) atoms. The van der Waals surface area contributed by atoms with Crippen LogP contribution in [-0.2, 0) is 11.2 Å². The Hall–Kier alpha value is -3.83. The summed E-state index contributed by atoms with van der Waals surface area (Å²) < 4.78 is 16.4. The van der Waals surface area contributed by atoms with Crippen molar-refractivity contribution >= 4 is 23.6 Å². The van der Waals surface area contributed by atoms with Crippen molar-refractivity contribution in [2.24, 2.45) is 0 Å². The van der Waals surface area contributed by atoms with Gasteiger partial charge < -0.3 is 23.5 Å². The van der Waals surface area contributed by atoms with Gasteiger partial charge in [0.05, 0.1) is 44.3 Å². The quantitative estimate of drug-likeness (QED) is 0.430. The van der Waals surface area contributed by atoms with Gasteiger partial charge in [-0.2, -0.15) is 5.26 Å². The summed E-state index contributed by atoms with van der Waals surface area (Å²) in [5, 5.41) is 8.89. The van der Waals surface area contributed by atoms with E-state index in [2.05, 4.69) is 11.0 Å². The van der Waals surface area contributed by atoms with Crippen LogP contribution in [0, 0.1) is 11.3 Å². The third-order valence-electron chi connectivity index (χ3n) is 5.86. The molecule has 0 spiro atoms. The summed E-state index contributed by atoms with van der Waals surface area (Å²) in [5.41, 5.74) is 2.64. The van der Waals surface area contributed by atoms with E-state index in [1.807, 2.05) is 59.5 Å². The van der Waals surface area contributed by atoms with Crippen molar-refractivity contribution in [2.75, 3.05) is 45.3 Å². The Bertz CT molecular complexity index is 1180. The minimum atomic E-state index is 0.112. The fraction of sp³-hybridized carbons (Fsp3) is 0.259. The highest BCUT2D eigenvalue weighted by Crippen LogP contribution is 2.29. The first-order valence-electron chi connectivity index (χ1n) is 11.3. The highest BCUT2D eigenvalue weighted by Gasteiger charge is 2.22. The molecule has 0 N–H and O–H groups in total. The lowest BCUT2D eigenvalue weighted by Crippen LogP contribution is -2.49. The molecule has 0 saturated carbocycles. The van der Waals surface area contributed by atoms with Crippen LogP contribution in [0.1, 0.15) is 11.1 Å². The summed E-state index contributed by atoms with van der Waals surface area (Å²) in [4.78, 5) is 18.0. The molecule has 1 saturated heterocycles. The topological polar surface area (TPSA) is 75.0 Å². The molecular weight excluding hydrogens is 462 g/mol. The van der Waals surface area contributed by atoms with Gasteiger partial charge in [-0.25, -0.2) is 0 Å². The molecule has 0 unspecified atom stereocenters. The number of ether oxygens (including phenoxy) is 2. The lowest BCUT2D eigenvalue weighted by molar-refractivity contribution is -0.130. The molecule has 0 atom stereocenters. The van der Waals surface area contributed by atoms with E-state index >= 15 is 0 Å². The smallest absolute Gasteiger partial charge is 0.227 e. The maximum absolute atomic E-state index is 12.8. The van der Waals surface area contributed by atoms with E-state index in [-0.39, 0.29) is 5.91 Å². The molecule has 8 heteroatoms. The van der Waals surface area contributed by atoms with Crippen molar-refractivity contribution in [1.29, 1.82) is 5.26 Å². The third-order valence-corrected chi connectivity index (χ3v) is 6.60. The number of anilines is 1.